The van der Waals surface area contributed by atoms with Crippen molar-refractivity contribution < 1.29 is 9.84 Å². The third kappa shape index (κ3) is 3.82. The Morgan fingerprint density at radius 2 is 1.95 bits per heavy atom. The third-order valence-electron chi connectivity index (χ3n) is 3.34. The molecule has 0 saturated heterocycles. The molecule has 0 saturated carbocycles. The number of hydrogen-bond donors (Lipinski definition) is 2. The van der Waals surface area contributed by atoms with Crippen LogP contribution in [0.25, 0.3) is 0 Å². The predicted octanol–water partition coefficient (Wildman–Crippen LogP) is 4.62. The van der Waals surface area contributed by atoms with E-state index < -0.39 is 0 Å². The van der Waals surface area contributed by atoms with E-state index in [9.17, 15) is 5.11 Å². The molecule has 21 heavy (non-hydrogen) atoms. The average molecular weight is 306 g/mol. The van der Waals surface area contributed by atoms with Crippen LogP contribution in [0, 0.1) is 0 Å². The number of aryl methyl sites for hydroxylation is 1. The zero-order valence-electron chi connectivity index (χ0n) is 12.3. The van der Waals surface area contributed by atoms with Gasteiger partial charge < -0.3 is 15.2 Å². The molecule has 2 aromatic rings. The Hall–Kier alpha value is -1.87. The van der Waals surface area contributed by atoms with Crippen molar-refractivity contribution in [1.29, 1.82) is 0 Å². The minimum absolute atomic E-state index is 0.127. The highest BCUT2D eigenvalue weighted by atomic mass is 35.5. The Balaban J connectivity index is 2.19. The zero-order valence-corrected chi connectivity index (χ0v) is 13.1. The van der Waals surface area contributed by atoms with Gasteiger partial charge in [-0.05, 0) is 24.1 Å². The van der Waals surface area contributed by atoms with Crippen LogP contribution in [0.15, 0.2) is 36.4 Å². The largest absolute Gasteiger partial charge is 0.504 e. The molecule has 0 unspecified atom stereocenters. The second-order valence-electron chi connectivity index (χ2n) is 4.88. The molecule has 0 radical (unpaired) electrons. The van der Waals surface area contributed by atoms with Crippen LogP contribution in [-0.4, -0.2) is 12.2 Å². The Kier molecular flexibility index (Phi) is 5.34. The van der Waals surface area contributed by atoms with Gasteiger partial charge in [0.1, 0.15) is 0 Å². The monoisotopic (exact) mass is 305 g/mol. The molecule has 3 nitrogen and oxygen atoms in total. The van der Waals surface area contributed by atoms with Gasteiger partial charge in [-0.3, -0.25) is 0 Å². The maximum absolute atomic E-state index is 10.1. The maximum atomic E-state index is 10.1. The summed E-state index contributed by atoms with van der Waals surface area (Å²) >= 11 is 6.04. The molecule has 0 aromatic heterocycles. The van der Waals surface area contributed by atoms with Gasteiger partial charge in [0.2, 0.25) is 0 Å². The molecule has 2 N–H and O–H groups in total. The number of anilines is 1. The van der Waals surface area contributed by atoms with Crippen LogP contribution in [0.5, 0.6) is 11.5 Å². The van der Waals surface area contributed by atoms with Crippen LogP contribution in [0.2, 0.25) is 5.02 Å². The van der Waals surface area contributed by atoms with E-state index in [0.717, 1.165) is 18.5 Å². The fourth-order valence-electron chi connectivity index (χ4n) is 2.29. The molecule has 0 atom stereocenters. The average Bonchev–Trinajstić information content (AvgIpc) is 2.49. The Morgan fingerprint density at radius 1 is 1.19 bits per heavy atom. The quantitative estimate of drug-likeness (QED) is 0.818. The van der Waals surface area contributed by atoms with Crippen molar-refractivity contribution >= 4 is 17.3 Å². The van der Waals surface area contributed by atoms with Gasteiger partial charge in [-0.1, -0.05) is 43.1 Å². The number of ether oxygens (including phenoxy) is 1. The number of benzene rings is 2. The molecule has 2 rings (SSSR count). The molecular formula is C17H20ClNO2. The van der Waals surface area contributed by atoms with Crippen LogP contribution in [0.4, 0.5) is 5.69 Å². The van der Waals surface area contributed by atoms with Gasteiger partial charge in [-0.2, -0.15) is 0 Å². The molecule has 0 aliphatic rings. The first-order chi connectivity index (χ1) is 10.2. The van der Waals surface area contributed by atoms with Crippen LogP contribution in [0.1, 0.15) is 24.5 Å². The van der Waals surface area contributed by atoms with E-state index in [-0.39, 0.29) is 5.75 Å². The fourth-order valence-corrected chi connectivity index (χ4v) is 2.52. The number of halogens is 1. The Labute approximate surface area is 130 Å². The van der Waals surface area contributed by atoms with Gasteiger partial charge in [0, 0.05) is 28.9 Å². The van der Waals surface area contributed by atoms with Crippen molar-refractivity contribution in [1.82, 2.24) is 0 Å². The highest BCUT2D eigenvalue weighted by Gasteiger charge is 2.10. The molecule has 2 aromatic carbocycles. The van der Waals surface area contributed by atoms with Crippen molar-refractivity contribution in [2.75, 3.05) is 12.4 Å². The van der Waals surface area contributed by atoms with Crippen molar-refractivity contribution in [3.05, 3.63) is 52.5 Å². The summed E-state index contributed by atoms with van der Waals surface area (Å²) in [4.78, 5) is 0. The fraction of sp³-hybridized carbons (Fsp3) is 0.294. The molecule has 112 valence electrons. The molecule has 0 fully saturated rings. The van der Waals surface area contributed by atoms with Gasteiger partial charge in [0.25, 0.3) is 0 Å². The van der Waals surface area contributed by atoms with Crippen molar-refractivity contribution in [2.45, 2.75) is 26.3 Å². The molecule has 0 bridgehead atoms. The van der Waals surface area contributed by atoms with Crippen LogP contribution in [-0.2, 0) is 13.0 Å². The number of nitrogens with one attached hydrogen (secondary N) is 1. The van der Waals surface area contributed by atoms with E-state index in [1.54, 1.807) is 12.1 Å². The lowest BCUT2D eigenvalue weighted by atomic mass is 10.1. The second kappa shape index (κ2) is 7.23. The summed E-state index contributed by atoms with van der Waals surface area (Å²) in [5, 5.41) is 14.0. The summed E-state index contributed by atoms with van der Waals surface area (Å²) in [6, 6.07) is 11.5. The highest BCUT2D eigenvalue weighted by Crippen LogP contribution is 2.34. The Bertz CT molecular complexity index is 614. The van der Waals surface area contributed by atoms with Crippen LogP contribution >= 0.6 is 11.6 Å². The summed E-state index contributed by atoms with van der Waals surface area (Å²) < 4.78 is 5.12. The van der Waals surface area contributed by atoms with E-state index in [1.807, 2.05) is 18.2 Å². The lowest BCUT2D eigenvalue weighted by Gasteiger charge is -2.14. The van der Waals surface area contributed by atoms with Gasteiger partial charge >= 0.3 is 0 Å². The molecule has 0 aliphatic carbocycles. The van der Waals surface area contributed by atoms with E-state index in [1.165, 1.54) is 12.7 Å². The summed E-state index contributed by atoms with van der Waals surface area (Å²) in [5.41, 5.74) is 3.07. The molecular weight excluding hydrogens is 286 g/mol. The minimum Gasteiger partial charge on any atom is -0.504 e. The van der Waals surface area contributed by atoms with Gasteiger partial charge in [0.05, 0.1) is 7.11 Å². The standard InChI is InChI=1S/C17H20ClNO2/c1-3-6-12-7-4-5-8-15(12)19-11-13-9-14(18)10-16(21-2)17(13)20/h4-5,7-10,19-20H,3,6,11H2,1-2H3. The zero-order chi connectivity index (χ0) is 15.2. The highest BCUT2D eigenvalue weighted by molar-refractivity contribution is 6.30. The third-order valence-corrected chi connectivity index (χ3v) is 3.56. The van der Waals surface area contributed by atoms with Gasteiger partial charge in [0.15, 0.2) is 11.5 Å². The molecule has 0 spiro atoms. The molecule has 0 amide bonds. The lowest BCUT2D eigenvalue weighted by molar-refractivity contribution is 0.371. The predicted molar refractivity (Wildman–Crippen MR) is 87.4 cm³/mol. The summed E-state index contributed by atoms with van der Waals surface area (Å²) in [5.74, 6) is 0.517. The number of para-hydroxylation sites is 1. The van der Waals surface area contributed by atoms with Crippen LogP contribution in [0.3, 0.4) is 0 Å². The first-order valence-corrected chi connectivity index (χ1v) is 7.40. The normalized spacial score (nSPS) is 10.4. The van der Waals surface area contributed by atoms with E-state index in [2.05, 4.69) is 18.3 Å². The molecule has 0 aliphatic heterocycles. The van der Waals surface area contributed by atoms with Gasteiger partial charge in [-0.25, -0.2) is 0 Å². The molecule has 4 heteroatoms. The molecule has 0 heterocycles. The van der Waals surface area contributed by atoms with Crippen molar-refractivity contribution in [2.24, 2.45) is 0 Å². The number of rotatable bonds is 6. The number of methoxy groups -OCH3 is 1. The SMILES string of the molecule is CCCc1ccccc1NCc1cc(Cl)cc(OC)c1O. The second-order valence-corrected chi connectivity index (χ2v) is 5.31. The van der Waals surface area contributed by atoms with Gasteiger partial charge in [-0.15, -0.1) is 0 Å². The number of phenolic OH excluding ortho intramolecular Hbond substituents is 1. The van der Waals surface area contributed by atoms with Crippen molar-refractivity contribution in [3.63, 3.8) is 0 Å². The van der Waals surface area contributed by atoms with E-state index in [0.29, 0.717) is 22.9 Å². The minimum atomic E-state index is 0.127. The topological polar surface area (TPSA) is 41.5 Å². The summed E-state index contributed by atoms with van der Waals surface area (Å²) in [6.45, 7) is 2.65. The van der Waals surface area contributed by atoms with Crippen LogP contribution < -0.4 is 10.1 Å². The number of aromatic hydroxyl groups is 1. The first-order valence-electron chi connectivity index (χ1n) is 7.02. The van der Waals surface area contributed by atoms with E-state index >= 15 is 0 Å². The Morgan fingerprint density at radius 3 is 2.67 bits per heavy atom. The van der Waals surface area contributed by atoms with Crippen molar-refractivity contribution in [3.8, 4) is 11.5 Å². The summed E-state index contributed by atoms with van der Waals surface area (Å²) in [6.07, 6.45) is 2.11. The summed E-state index contributed by atoms with van der Waals surface area (Å²) in [7, 11) is 1.51. The number of hydrogen-bond acceptors (Lipinski definition) is 3. The number of phenols is 1. The lowest BCUT2D eigenvalue weighted by Crippen LogP contribution is -2.03. The van der Waals surface area contributed by atoms with E-state index in [4.69, 9.17) is 16.3 Å². The smallest absolute Gasteiger partial charge is 0.162 e. The first kappa shape index (κ1) is 15.5. The maximum Gasteiger partial charge on any atom is 0.162 e.